The summed E-state index contributed by atoms with van der Waals surface area (Å²) >= 11 is 0. The lowest BCUT2D eigenvalue weighted by Crippen LogP contribution is -2.48. The number of rotatable bonds is 3. The van der Waals surface area contributed by atoms with Crippen molar-refractivity contribution < 1.29 is 23.1 Å². The molecular weight excluding hydrogens is 280 g/mol. The summed E-state index contributed by atoms with van der Waals surface area (Å²) < 4.78 is 33.1. The van der Waals surface area contributed by atoms with Gasteiger partial charge in [0.05, 0.1) is 5.56 Å². The van der Waals surface area contributed by atoms with Crippen LogP contribution in [0.2, 0.25) is 0 Å². The summed E-state index contributed by atoms with van der Waals surface area (Å²) in [6, 6.07) is 2.30. The molecule has 0 aliphatic heterocycles. The molecule has 0 aromatic heterocycles. The van der Waals surface area contributed by atoms with Crippen LogP contribution >= 0.6 is 0 Å². The van der Waals surface area contributed by atoms with Crippen LogP contribution < -0.4 is 5.32 Å². The van der Waals surface area contributed by atoms with Gasteiger partial charge in [0, 0.05) is 0 Å². The number of aryl methyl sites for hydroxylation is 1. The molecule has 0 saturated heterocycles. The van der Waals surface area contributed by atoms with E-state index in [-0.39, 0.29) is 11.8 Å². The highest BCUT2D eigenvalue weighted by Gasteiger charge is 2.36. The summed E-state index contributed by atoms with van der Waals surface area (Å²) in [5, 5.41) is 2.22. The fraction of sp³-hybridized carbons (Fsp3) is 0.467. The molecule has 1 atom stereocenters. The van der Waals surface area contributed by atoms with Crippen LogP contribution in [0, 0.1) is 18.6 Å². The Morgan fingerprint density at radius 1 is 1.24 bits per heavy atom. The monoisotopic (exact) mass is 299 g/mol. The van der Waals surface area contributed by atoms with Gasteiger partial charge in [-0.2, -0.15) is 0 Å². The molecule has 6 heteroatoms. The molecule has 0 aliphatic carbocycles. The standard InChI is InChI=1S/C15H19F2NO3/c1-9-6-7-10(16)11(12(9)17)15(5,8-19)18-13(20)21-14(2,3)4/h6-8H,1-5H3,(H,18,20). The van der Waals surface area contributed by atoms with Crippen molar-refractivity contribution in [2.45, 2.75) is 45.8 Å². The van der Waals surface area contributed by atoms with Gasteiger partial charge < -0.3 is 14.8 Å². The first-order valence-corrected chi connectivity index (χ1v) is 6.43. The highest BCUT2D eigenvalue weighted by molar-refractivity contribution is 5.78. The normalized spacial score (nSPS) is 14.2. The summed E-state index contributed by atoms with van der Waals surface area (Å²) in [4.78, 5) is 23.1. The van der Waals surface area contributed by atoms with Crippen molar-refractivity contribution in [1.29, 1.82) is 0 Å². The van der Waals surface area contributed by atoms with Crippen LogP contribution in [0.25, 0.3) is 0 Å². The number of carbonyl (C=O) groups is 2. The lowest BCUT2D eigenvalue weighted by Gasteiger charge is -2.28. The molecule has 1 aromatic carbocycles. The van der Waals surface area contributed by atoms with Crippen molar-refractivity contribution in [2.75, 3.05) is 0 Å². The Morgan fingerprint density at radius 3 is 2.29 bits per heavy atom. The van der Waals surface area contributed by atoms with E-state index in [9.17, 15) is 18.4 Å². The summed E-state index contributed by atoms with van der Waals surface area (Å²) in [6.07, 6.45) is -0.657. The number of amides is 1. The van der Waals surface area contributed by atoms with Gasteiger partial charge in [-0.15, -0.1) is 0 Å². The number of alkyl carbamates (subject to hydrolysis) is 1. The van der Waals surface area contributed by atoms with E-state index >= 15 is 0 Å². The number of halogens is 2. The van der Waals surface area contributed by atoms with Crippen molar-refractivity contribution >= 4 is 12.4 Å². The molecule has 1 N–H and O–H groups in total. The minimum atomic E-state index is -1.86. The van der Waals surface area contributed by atoms with E-state index in [1.165, 1.54) is 19.9 Å². The van der Waals surface area contributed by atoms with Gasteiger partial charge in [0.1, 0.15) is 29.1 Å². The smallest absolute Gasteiger partial charge is 0.408 e. The second-order valence-electron chi connectivity index (χ2n) is 6.00. The van der Waals surface area contributed by atoms with E-state index in [1.54, 1.807) is 20.8 Å². The van der Waals surface area contributed by atoms with Crippen LogP contribution in [0.4, 0.5) is 13.6 Å². The Hall–Kier alpha value is -1.98. The summed E-state index contributed by atoms with van der Waals surface area (Å²) in [5.74, 6) is -1.79. The van der Waals surface area contributed by atoms with E-state index in [0.717, 1.165) is 6.07 Å². The molecule has 0 saturated carbocycles. The van der Waals surface area contributed by atoms with Gasteiger partial charge in [-0.25, -0.2) is 13.6 Å². The number of carbonyl (C=O) groups excluding carboxylic acids is 2. The minimum absolute atomic E-state index is 0.172. The maximum atomic E-state index is 14.1. The topological polar surface area (TPSA) is 55.4 Å². The number of hydrogen-bond acceptors (Lipinski definition) is 3. The van der Waals surface area contributed by atoms with Crippen molar-refractivity contribution in [3.63, 3.8) is 0 Å². The maximum absolute atomic E-state index is 14.1. The van der Waals surface area contributed by atoms with Gasteiger partial charge in [0.25, 0.3) is 0 Å². The zero-order valence-corrected chi connectivity index (χ0v) is 12.7. The molecule has 1 amide bonds. The van der Waals surface area contributed by atoms with Gasteiger partial charge in [-0.3, -0.25) is 0 Å². The molecular formula is C15H19F2NO3. The van der Waals surface area contributed by atoms with Crippen LogP contribution in [0.3, 0.4) is 0 Å². The molecule has 0 spiro atoms. The van der Waals surface area contributed by atoms with Crippen LogP contribution in [-0.2, 0) is 15.1 Å². The highest BCUT2D eigenvalue weighted by atomic mass is 19.1. The third kappa shape index (κ3) is 4.00. The Labute approximate surface area is 122 Å². The summed E-state index contributed by atoms with van der Waals surface area (Å²) in [7, 11) is 0. The molecule has 0 heterocycles. The zero-order chi connectivity index (χ0) is 16.4. The maximum Gasteiger partial charge on any atom is 0.408 e. The van der Waals surface area contributed by atoms with Gasteiger partial charge in [-0.1, -0.05) is 6.07 Å². The SMILES string of the molecule is Cc1ccc(F)c(C(C)(C=O)NC(=O)OC(C)(C)C)c1F. The largest absolute Gasteiger partial charge is 0.444 e. The van der Waals surface area contributed by atoms with E-state index < -0.39 is 34.4 Å². The summed E-state index contributed by atoms with van der Waals surface area (Å²) in [5.41, 5.74) is -2.99. The Balaban J connectivity index is 3.20. The van der Waals surface area contributed by atoms with E-state index in [0.29, 0.717) is 0 Å². The number of hydrogen-bond donors (Lipinski definition) is 1. The molecule has 0 fully saturated rings. The van der Waals surface area contributed by atoms with E-state index in [2.05, 4.69) is 5.32 Å². The average molecular weight is 299 g/mol. The lowest BCUT2D eigenvalue weighted by atomic mass is 9.91. The first-order valence-electron chi connectivity index (χ1n) is 6.43. The predicted molar refractivity (Wildman–Crippen MR) is 73.9 cm³/mol. The second-order valence-corrected chi connectivity index (χ2v) is 6.00. The number of aldehydes is 1. The summed E-state index contributed by atoms with van der Waals surface area (Å²) in [6.45, 7) is 7.57. The predicted octanol–water partition coefficient (Wildman–Crippen LogP) is 3.21. The second kappa shape index (κ2) is 5.79. The van der Waals surface area contributed by atoms with Crippen molar-refractivity contribution in [3.05, 3.63) is 34.9 Å². The molecule has 116 valence electrons. The third-order valence-corrected chi connectivity index (χ3v) is 2.80. The average Bonchev–Trinajstić information content (AvgIpc) is 2.31. The highest BCUT2D eigenvalue weighted by Crippen LogP contribution is 2.27. The van der Waals surface area contributed by atoms with Gasteiger partial charge >= 0.3 is 6.09 Å². The van der Waals surface area contributed by atoms with Crippen LogP contribution in [-0.4, -0.2) is 18.0 Å². The van der Waals surface area contributed by atoms with Crippen LogP contribution in [0.15, 0.2) is 12.1 Å². The molecule has 4 nitrogen and oxygen atoms in total. The first kappa shape index (κ1) is 17.1. The fourth-order valence-electron chi connectivity index (χ4n) is 1.80. The lowest BCUT2D eigenvalue weighted by molar-refractivity contribution is -0.113. The Kier molecular flexibility index (Phi) is 4.71. The van der Waals surface area contributed by atoms with Gasteiger partial charge in [0.15, 0.2) is 0 Å². The number of nitrogens with one attached hydrogen (secondary N) is 1. The third-order valence-electron chi connectivity index (χ3n) is 2.80. The van der Waals surface area contributed by atoms with Gasteiger partial charge in [0.2, 0.25) is 0 Å². The number of benzene rings is 1. The Bertz CT molecular complexity index is 567. The zero-order valence-electron chi connectivity index (χ0n) is 12.7. The molecule has 21 heavy (non-hydrogen) atoms. The van der Waals surface area contributed by atoms with Crippen molar-refractivity contribution in [2.24, 2.45) is 0 Å². The molecule has 0 radical (unpaired) electrons. The fourth-order valence-corrected chi connectivity index (χ4v) is 1.80. The Morgan fingerprint density at radius 2 is 1.81 bits per heavy atom. The van der Waals surface area contributed by atoms with Crippen molar-refractivity contribution in [3.8, 4) is 0 Å². The molecule has 0 aliphatic rings. The van der Waals surface area contributed by atoms with E-state index in [1.807, 2.05) is 0 Å². The van der Waals surface area contributed by atoms with Crippen LogP contribution in [0.1, 0.15) is 38.8 Å². The number of ether oxygens (including phenoxy) is 1. The van der Waals surface area contributed by atoms with E-state index in [4.69, 9.17) is 4.74 Å². The van der Waals surface area contributed by atoms with Crippen LogP contribution in [0.5, 0.6) is 0 Å². The van der Waals surface area contributed by atoms with Gasteiger partial charge in [-0.05, 0) is 46.2 Å². The quantitative estimate of drug-likeness (QED) is 0.872. The molecule has 0 bridgehead atoms. The van der Waals surface area contributed by atoms with Crippen molar-refractivity contribution in [1.82, 2.24) is 5.32 Å². The molecule has 1 aromatic rings. The molecule has 1 rings (SSSR count). The molecule has 1 unspecified atom stereocenters. The first-order chi connectivity index (χ1) is 9.50. The minimum Gasteiger partial charge on any atom is -0.444 e.